The minimum absolute atomic E-state index is 0. The van der Waals surface area contributed by atoms with Crippen LogP contribution >= 0.6 is 0 Å². The number of hydrogen-bond donors (Lipinski definition) is 0. The molecule has 15 heavy (non-hydrogen) atoms. The average Bonchev–Trinajstić information content (AvgIpc) is 1.78. The molecule has 0 unspecified atom stereocenters. The van der Waals surface area contributed by atoms with Crippen LogP contribution in [0.1, 0.15) is 0 Å². The van der Waals surface area contributed by atoms with Gasteiger partial charge in [-0.15, -0.1) is 0 Å². The summed E-state index contributed by atoms with van der Waals surface area (Å²) in [5.74, 6) is 0. The molecule has 0 fully saturated rings. The Bertz CT molecular complexity index is 168. The second-order valence-corrected chi connectivity index (χ2v) is 1.94. The van der Waals surface area contributed by atoms with Crippen LogP contribution in [0, 0.1) is 0 Å². The fraction of sp³-hybridized carbons (Fsp3) is 1.00. The first-order valence-corrected chi connectivity index (χ1v) is 2.82. The van der Waals surface area contributed by atoms with E-state index in [1.54, 1.807) is 0 Å². The van der Waals surface area contributed by atoms with E-state index in [-0.39, 0.29) is 23.1 Å². The van der Waals surface area contributed by atoms with Gasteiger partial charge in [-0.2, -0.15) is 26.3 Å². The molecule has 0 N–H and O–H groups in total. The smallest absolute Gasteiger partial charge is 0.868 e. The minimum atomic E-state index is -5.81. The number of halogens is 6. The molecular weight excluding hydrogens is 249 g/mol. The Hall–Kier alpha value is 0.251. The predicted molar refractivity (Wildman–Crippen MR) is 29.6 cm³/mol. The number of alkyl halides is 6. The molecule has 0 aliphatic carbocycles. The number of rotatable bonds is 3. The zero-order valence-corrected chi connectivity index (χ0v) is 8.18. The van der Waals surface area contributed by atoms with E-state index >= 15 is 0 Å². The summed E-state index contributed by atoms with van der Waals surface area (Å²) in [6, 6.07) is 0. The van der Waals surface area contributed by atoms with Gasteiger partial charge in [0.05, 0.1) is 0 Å². The zero-order valence-electron chi connectivity index (χ0n) is 6.76. The van der Waals surface area contributed by atoms with Crippen molar-refractivity contribution in [2.75, 3.05) is 0 Å². The van der Waals surface area contributed by atoms with Crippen molar-refractivity contribution in [3.63, 3.8) is 0 Å². The third-order valence-electron chi connectivity index (χ3n) is 0.825. The van der Waals surface area contributed by atoms with Crippen molar-refractivity contribution in [3.8, 4) is 0 Å². The first-order valence-electron chi connectivity index (χ1n) is 2.82. The summed E-state index contributed by atoms with van der Waals surface area (Å²) in [6.45, 7) is 0. The van der Waals surface area contributed by atoms with Crippen LogP contribution in [0.5, 0.6) is 0 Å². The molecule has 0 radical (unpaired) electrons. The Morgan fingerprint density at radius 1 is 0.933 bits per heavy atom. The van der Waals surface area contributed by atoms with Crippen LogP contribution in [0.25, 0.3) is 0 Å². The standard InChI is InChI=1S/C3HBF6O4.Mg/c5-2(6,7)1(3(8,9)10)13-14-4(11)12;/h1H;/q-2;+2. The molecule has 0 heterocycles. The molecule has 4 nitrogen and oxygen atoms in total. The summed E-state index contributed by atoms with van der Waals surface area (Å²) in [5.41, 5.74) is 0. The molecule has 0 saturated heterocycles. The molecule has 0 saturated carbocycles. The molecule has 0 aromatic heterocycles. The maximum Gasteiger partial charge on any atom is 2.00 e. The van der Waals surface area contributed by atoms with Gasteiger partial charge in [0.15, 0.2) is 0 Å². The summed E-state index contributed by atoms with van der Waals surface area (Å²) < 4.78 is 69.2. The largest absolute Gasteiger partial charge is 2.00 e. The summed E-state index contributed by atoms with van der Waals surface area (Å²) >= 11 is 0. The Labute approximate surface area is 95.4 Å². The van der Waals surface area contributed by atoms with Gasteiger partial charge in [-0.05, 0) is 0 Å². The molecule has 0 spiro atoms. The maximum absolute atomic E-state index is 11.5. The predicted octanol–water partition coefficient (Wildman–Crippen LogP) is -1.25. The summed E-state index contributed by atoms with van der Waals surface area (Å²) in [5, 5.41) is 18.9. The van der Waals surface area contributed by atoms with Gasteiger partial charge < -0.3 is 14.9 Å². The van der Waals surface area contributed by atoms with E-state index in [0.29, 0.717) is 0 Å². The fourth-order valence-corrected chi connectivity index (χ4v) is 0.396. The van der Waals surface area contributed by atoms with Gasteiger partial charge in [0, 0.05) is 0 Å². The molecule has 0 atom stereocenters. The van der Waals surface area contributed by atoms with Crippen molar-refractivity contribution in [1.82, 2.24) is 0 Å². The Morgan fingerprint density at radius 3 is 1.47 bits per heavy atom. The first-order chi connectivity index (χ1) is 6.05. The first kappa shape index (κ1) is 17.6. The molecule has 0 amide bonds. The maximum atomic E-state index is 11.5. The Kier molecular flexibility index (Phi) is 7.18. The second-order valence-electron chi connectivity index (χ2n) is 1.94. The summed E-state index contributed by atoms with van der Waals surface area (Å²) in [6.07, 6.45) is -15.9. The van der Waals surface area contributed by atoms with Crippen molar-refractivity contribution in [1.29, 1.82) is 0 Å². The van der Waals surface area contributed by atoms with E-state index in [1.807, 2.05) is 0 Å². The molecule has 84 valence electrons. The van der Waals surface area contributed by atoms with Crippen LogP contribution in [0.15, 0.2) is 0 Å². The van der Waals surface area contributed by atoms with Gasteiger partial charge in [-0.1, -0.05) is 0 Å². The fourth-order valence-electron chi connectivity index (χ4n) is 0.396. The van der Waals surface area contributed by atoms with Gasteiger partial charge in [0.1, 0.15) is 7.32 Å². The number of hydrogen-bond acceptors (Lipinski definition) is 4. The summed E-state index contributed by atoms with van der Waals surface area (Å²) in [7, 11) is -3.39. The van der Waals surface area contributed by atoms with Crippen LogP contribution in [0.3, 0.4) is 0 Å². The van der Waals surface area contributed by atoms with Crippen LogP contribution in [-0.2, 0) is 9.69 Å². The van der Waals surface area contributed by atoms with E-state index < -0.39 is 25.8 Å². The van der Waals surface area contributed by atoms with E-state index in [4.69, 9.17) is 0 Å². The van der Waals surface area contributed by atoms with Crippen molar-refractivity contribution >= 4 is 30.4 Å². The van der Waals surface area contributed by atoms with Crippen molar-refractivity contribution < 1.29 is 46.1 Å². The normalized spacial score (nSPS) is 12.6. The van der Waals surface area contributed by atoms with Crippen LogP contribution in [0.4, 0.5) is 26.3 Å². The third-order valence-corrected chi connectivity index (χ3v) is 0.825. The van der Waals surface area contributed by atoms with E-state index in [1.165, 1.54) is 0 Å². The Morgan fingerprint density at radius 2 is 1.27 bits per heavy atom. The molecule has 0 aromatic carbocycles. The van der Waals surface area contributed by atoms with Crippen LogP contribution in [0.2, 0.25) is 0 Å². The van der Waals surface area contributed by atoms with E-state index in [9.17, 15) is 36.4 Å². The van der Waals surface area contributed by atoms with Crippen LogP contribution < -0.4 is 10.0 Å². The van der Waals surface area contributed by atoms with Crippen molar-refractivity contribution in [2.24, 2.45) is 0 Å². The molecular formula is C3HBF6MgO4. The molecule has 0 aromatic rings. The molecule has 0 bridgehead atoms. The monoisotopic (exact) mass is 250 g/mol. The van der Waals surface area contributed by atoms with Gasteiger partial charge in [-0.3, -0.25) is 0 Å². The molecule has 0 aliphatic rings. The molecule has 12 heteroatoms. The average molecular weight is 250 g/mol. The van der Waals surface area contributed by atoms with E-state index in [2.05, 4.69) is 9.69 Å². The van der Waals surface area contributed by atoms with Gasteiger partial charge in [-0.25, -0.2) is 4.89 Å². The topological polar surface area (TPSA) is 64.6 Å². The second kappa shape index (κ2) is 6.10. The van der Waals surface area contributed by atoms with E-state index in [0.717, 1.165) is 0 Å². The Balaban J connectivity index is 0. The minimum Gasteiger partial charge on any atom is -0.868 e. The third kappa shape index (κ3) is 7.19. The molecule has 0 rings (SSSR count). The SMILES string of the molecule is [Mg+2].[O-]B([O-])OOC(C(F)(F)F)C(F)(F)F. The van der Waals surface area contributed by atoms with Crippen LogP contribution in [-0.4, -0.2) is 48.8 Å². The summed E-state index contributed by atoms with van der Waals surface area (Å²) in [4.78, 5) is 5.36. The van der Waals surface area contributed by atoms with Crippen molar-refractivity contribution in [2.45, 2.75) is 18.5 Å². The molecule has 0 aliphatic heterocycles. The zero-order chi connectivity index (χ0) is 11.6. The van der Waals surface area contributed by atoms with Gasteiger partial charge in [0.2, 0.25) is 0 Å². The van der Waals surface area contributed by atoms with Gasteiger partial charge in [0.25, 0.3) is 6.10 Å². The quantitative estimate of drug-likeness (QED) is 0.272. The van der Waals surface area contributed by atoms with Crippen molar-refractivity contribution in [3.05, 3.63) is 0 Å². The van der Waals surface area contributed by atoms with Gasteiger partial charge >= 0.3 is 35.4 Å².